The zero-order chi connectivity index (χ0) is 18.1. The summed E-state index contributed by atoms with van der Waals surface area (Å²) in [5.74, 6) is -0.145. The van der Waals surface area contributed by atoms with Gasteiger partial charge in [0.15, 0.2) is 0 Å². The molecule has 1 saturated carbocycles. The standard InChI is InChI=1S/C19H28N4O2/c1-12(2)18-13(3)14(4)19(25)23(21-18)11-17(24)20-15-6-5-9-22(10-15)16-7-8-16/h15-16H,1,5-11H2,2-4H3,(H,20,24). The van der Waals surface area contributed by atoms with Crippen molar-refractivity contribution in [3.05, 3.63) is 33.8 Å². The number of hydrogen-bond acceptors (Lipinski definition) is 4. The van der Waals surface area contributed by atoms with E-state index in [1.165, 1.54) is 17.5 Å². The van der Waals surface area contributed by atoms with Crippen molar-refractivity contribution >= 4 is 11.5 Å². The highest BCUT2D eigenvalue weighted by molar-refractivity contribution is 5.76. The molecule has 0 bridgehead atoms. The maximum Gasteiger partial charge on any atom is 0.270 e. The SMILES string of the molecule is C=C(C)c1nn(CC(=O)NC2CCCN(C3CC3)C2)c(=O)c(C)c1C. The molecule has 6 nitrogen and oxygen atoms in total. The number of aromatic nitrogens is 2. The van der Waals surface area contributed by atoms with Crippen molar-refractivity contribution in [1.29, 1.82) is 0 Å². The lowest BCUT2D eigenvalue weighted by Gasteiger charge is -2.33. The van der Waals surface area contributed by atoms with Gasteiger partial charge >= 0.3 is 0 Å². The molecule has 2 aliphatic rings. The molecule has 1 aliphatic carbocycles. The highest BCUT2D eigenvalue weighted by Crippen LogP contribution is 2.29. The second-order valence-electron chi connectivity index (χ2n) is 7.47. The van der Waals surface area contributed by atoms with Crippen LogP contribution in [0, 0.1) is 13.8 Å². The first kappa shape index (κ1) is 17.9. The number of carbonyl (C=O) groups is 1. The van der Waals surface area contributed by atoms with Crippen LogP contribution < -0.4 is 10.9 Å². The molecule has 1 saturated heterocycles. The molecule has 1 unspecified atom stereocenters. The van der Waals surface area contributed by atoms with Crippen LogP contribution in [0.15, 0.2) is 11.4 Å². The van der Waals surface area contributed by atoms with Gasteiger partial charge in [-0.05, 0) is 64.1 Å². The van der Waals surface area contributed by atoms with Crippen LogP contribution in [0.4, 0.5) is 0 Å². The Bertz CT molecular complexity index is 749. The van der Waals surface area contributed by atoms with Crippen molar-refractivity contribution in [2.45, 2.75) is 65.1 Å². The summed E-state index contributed by atoms with van der Waals surface area (Å²) in [5.41, 5.74) is 2.74. The third kappa shape index (κ3) is 4.00. The summed E-state index contributed by atoms with van der Waals surface area (Å²) in [6.45, 7) is 11.4. The lowest BCUT2D eigenvalue weighted by atomic mass is 10.1. The van der Waals surface area contributed by atoms with Gasteiger partial charge in [0.2, 0.25) is 5.91 Å². The van der Waals surface area contributed by atoms with E-state index in [0.717, 1.165) is 43.1 Å². The minimum absolute atomic E-state index is 0.0415. The number of hydrogen-bond donors (Lipinski definition) is 1. The molecule has 1 N–H and O–H groups in total. The molecule has 2 heterocycles. The Kier molecular flexibility index (Phi) is 5.08. The van der Waals surface area contributed by atoms with Crippen molar-refractivity contribution in [2.75, 3.05) is 13.1 Å². The number of rotatable bonds is 5. The Morgan fingerprint density at radius 2 is 2.00 bits per heavy atom. The lowest BCUT2D eigenvalue weighted by molar-refractivity contribution is -0.123. The first-order chi connectivity index (χ1) is 11.9. The van der Waals surface area contributed by atoms with Gasteiger partial charge in [-0.3, -0.25) is 14.5 Å². The van der Waals surface area contributed by atoms with E-state index >= 15 is 0 Å². The van der Waals surface area contributed by atoms with Crippen LogP contribution in [-0.2, 0) is 11.3 Å². The van der Waals surface area contributed by atoms with E-state index in [0.29, 0.717) is 11.3 Å². The zero-order valence-electron chi connectivity index (χ0n) is 15.5. The van der Waals surface area contributed by atoms with Gasteiger partial charge in [-0.2, -0.15) is 5.10 Å². The van der Waals surface area contributed by atoms with E-state index in [4.69, 9.17) is 0 Å². The molecule has 1 aliphatic heterocycles. The predicted molar refractivity (Wildman–Crippen MR) is 98.4 cm³/mol. The van der Waals surface area contributed by atoms with Gasteiger partial charge in [0.05, 0.1) is 5.69 Å². The Hall–Kier alpha value is -1.95. The van der Waals surface area contributed by atoms with Gasteiger partial charge in [-0.25, -0.2) is 4.68 Å². The molecular weight excluding hydrogens is 316 g/mol. The number of nitrogens with zero attached hydrogens (tertiary/aromatic N) is 3. The third-order valence-electron chi connectivity index (χ3n) is 5.27. The molecule has 1 atom stereocenters. The third-order valence-corrected chi connectivity index (χ3v) is 5.27. The van der Waals surface area contributed by atoms with Crippen molar-refractivity contribution in [3.8, 4) is 0 Å². The van der Waals surface area contributed by atoms with E-state index < -0.39 is 0 Å². The van der Waals surface area contributed by atoms with Crippen LogP contribution in [0.1, 0.15) is 49.4 Å². The quantitative estimate of drug-likeness (QED) is 0.882. The number of allylic oxidation sites excluding steroid dienone is 1. The fourth-order valence-electron chi connectivity index (χ4n) is 3.59. The van der Waals surface area contributed by atoms with Crippen molar-refractivity contribution in [2.24, 2.45) is 0 Å². The first-order valence-corrected chi connectivity index (χ1v) is 9.14. The highest BCUT2D eigenvalue weighted by Gasteiger charge is 2.32. The Morgan fingerprint density at radius 3 is 2.64 bits per heavy atom. The summed E-state index contributed by atoms with van der Waals surface area (Å²) in [5, 5.41) is 7.44. The molecule has 0 aromatic carbocycles. The normalized spacial score (nSPS) is 21.2. The molecule has 0 spiro atoms. The molecule has 0 radical (unpaired) electrons. The van der Waals surface area contributed by atoms with E-state index in [-0.39, 0.29) is 24.1 Å². The average Bonchev–Trinajstić information content (AvgIpc) is 3.40. The number of piperidine rings is 1. The van der Waals surface area contributed by atoms with Crippen molar-refractivity contribution in [1.82, 2.24) is 20.0 Å². The summed E-state index contributed by atoms with van der Waals surface area (Å²) < 4.78 is 1.27. The van der Waals surface area contributed by atoms with Crippen LogP contribution in [0.3, 0.4) is 0 Å². The van der Waals surface area contributed by atoms with Crippen molar-refractivity contribution in [3.63, 3.8) is 0 Å². The maximum absolute atomic E-state index is 12.5. The predicted octanol–water partition coefficient (Wildman–Crippen LogP) is 1.64. The molecule has 1 aromatic heterocycles. The second kappa shape index (κ2) is 7.12. The highest BCUT2D eigenvalue weighted by atomic mass is 16.2. The minimum Gasteiger partial charge on any atom is -0.350 e. The fourth-order valence-corrected chi connectivity index (χ4v) is 3.59. The van der Waals surface area contributed by atoms with Gasteiger partial charge in [-0.15, -0.1) is 0 Å². The fraction of sp³-hybridized carbons (Fsp3) is 0.632. The van der Waals surface area contributed by atoms with Crippen LogP contribution in [0.25, 0.3) is 5.57 Å². The van der Waals surface area contributed by atoms with E-state index in [1.807, 2.05) is 13.8 Å². The summed E-state index contributed by atoms with van der Waals surface area (Å²) in [6.07, 6.45) is 4.68. The van der Waals surface area contributed by atoms with Gasteiger partial charge in [0, 0.05) is 24.2 Å². The maximum atomic E-state index is 12.5. The monoisotopic (exact) mass is 344 g/mol. The number of likely N-dealkylation sites (tertiary alicyclic amines) is 1. The average molecular weight is 344 g/mol. The van der Waals surface area contributed by atoms with Crippen molar-refractivity contribution < 1.29 is 4.79 Å². The number of amides is 1. The Balaban J connectivity index is 1.68. The molecular formula is C19H28N4O2. The topological polar surface area (TPSA) is 67.2 Å². The summed E-state index contributed by atoms with van der Waals surface area (Å²) in [7, 11) is 0. The molecule has 3 rings (SSSR count). The van der Waals surface area contributed by atoms with E-state index in [9.17, 15) is 9.59 Å². The Labute approximate surface area is 148 Å². The molecule has 1 amide bonds. The molecule has 136 valence electrons. The van der Waals surface area contributed by atoms with Crippen LogP contribution in [0.2, 0.25) is 0 Å². The van der Waals surface area contributed by atoms with Gasteiger partial charge in [0.25, 0.3) is 5.56 Å². The largest absolute Gasteiger partial charge is 0.350 e. The second-order valence-corrected chi connectivity index (χ2v) is 7.47. The molecule has 2 fully saturated rings. The summed E-state index contributed by atoms with van der Waals surface area (Å²) in [4.78, 5) is 27.4. The van der Waals surface area contributed by atoms with Crippen LogP contribution in [-0.4, -0.2) is 45.8 Å². The molecule has 6 heteroatoms. The van der Waals surface area contributed by atoms with E-state index in [2.05, 4.69) is 21.9 Å². The zero-order valence-corrected chi connectivity index (χ0v) is 15.5. The summed E-state index contributed by atoms with van der Waals surface area (Å²) >= 11 is 0. The lowest BCUT2D eigenvalue weighted by Crippen LogP contribution is -2.49. The number of nitrogens with one attached hydrogen (secondary N) is 1. The van der Waals surface area contributed by atoms with Crippen LogP contribution >= 0.6 is 0 Å². The van der Waals surface area contributed by atoms with E-state index in [1.54, 1.807) is 6.92 Å². The minimum atomic E-state index is -0.207. The smallest absolute Gasteiger partial charge is 0.270 e. The van der Waals surface area contributed by atoms with Gasteiger partial charge < -0.3 is 5.32 Å². The van der Waals surface area contributed by atoms with Gasteiger partial charge in [0.1, 0.15) is 6.54 Å². The van der Waals surface area contributed by atoms with Gasteiger partial charge in [-0.1, -0.05) is 6.58 Å². The number of carbonyl (C=O) groups excluding carboxylic acids is 1. The first-order valence-electron chi connectivity index (χ1n) is 9.14. The molecule has 1 aromatic rings. The van der Waals surface area contributed by atoms with Crippen LogP contribution in [0.5, 0.6) is 0 Å². The summed E-state index contributed by atoms with van der Waals surface area (Å²) in [6, 6.07) is 0.895. The Morgan fingerprint density at radius 1 is 1.28 bits per heavy atom. The molecule has 25 heavy (non-hydrogen) atoms.